The minimum absolute atomic E-state index is 0.474. The van der Waals surface area contributed by atoms with E-state index in [9.17, 15) is 4.79 Å². The molecule has 0 unspecified atom stereocenters. The average molecular weight is 276 g/mol. The molecule has 1 fully saturated rings. The Morgan fingerprint density at radius 1 is 1.30 bits per heavy atom. The lowest BCUT2D eigenvalue weighted by Gasteiger charge is -2.20. The van der Waals surface area contributed by atoms with Gasteiger partial charge in [0, 0.05) is 0 Å². The van der Waals surface area contributed by atoms with Crippen LogP contribution in [0.5, 0.6) is 0 Å². The third kappa shape index (κ3) is 3.89. The van der Waals surface area contributed by atoms with Gasteiger partial charge in [-0.1, -0.05) is 18.9 Å². The molecule has 20 heavy (non-hydrogen) atoms. The Morgan fingerprint density at radius 3 is 2.50 bits per heavy atom. The van der Waals surface area contributed by atoms with Gasteiger partial charge in [0.1, 0.15) is 5.60 Å². The minimum atomic E-state index is -0.511. The van der Waals surface area contributed by atoms with Gasteiger partial charge in [0.2, 0.25) is 0 Å². The number of ether oxygens (including phenoxy) is 1. The van der Waals surface area contributed by atoms with Crippen LogP contribution in [-0.4, -0.2) is 11.7 Å². The number of carbonyl (C=O) groups excluding carboxylic acids is 1. The van der Waals surface area contributed by atoms with Crippen LogP contribution >= 0.6 is 0 Å². The van der Waals surface area contributed by atoms with E-state index in [1.54, 1.807) is 0 Å². The number of amides is 1. The molecule has 0 radical (unpaired) electrons. The Bertz CT molecular complexity index is 486. The highest BCUT2D eigenvalue weighted by Crippen LogP contribution is 2.36. The van der Waals surface area contributed by atoms with Gasteiger partial charge in [0.15, 0.2) is 0 Å². The van der Waals surface area contributed by atoms with Gasteiger partial charge in [-0.2, -0.15) is 0 Å². The van der Waals surface area contributed by atoms with Crippen LogP contribution < -0.4 is 11.1 Å². The molecule has 0 heterocycles. The van der Waals surface area contributed by atoms with Crippen molar-refractivity contribution in [1.29, 1.82) is 0 Å². The van der Waals surface area contributed by atoms with Crippen LogP contribution in [0.25, 0.3) is 0 Å². The maximum Gasteiger partial charge on any atom is 0.412 e. The molecule has 3 N–H and O–H groups in total. The van der Waals surface area contributed by atoms with Crippen molar-refractivity contribution < 1.29 is 9.53 Å². The van der Waals surface area contributed by atoms with Gasteiger partial charge in [-0.3, -0.25) is 5.32 Å². The SMILES string of the molecule is CC(C)(C)OC(=O)Nc1ccc(C2CCCC2)cc1N. The van der Waals surface area contributed by atoms with Gasteiger partial charge < -0.3 is 10.5 Å². The Balaban J connectivity index is 2.04. The summed E-state index contributed by atoms with van der Waals surface area (Å²) in [7, 11) is 0. The quantitative estimate of drug-likeness (QED) is 0.793. The lowest BCUT2D eigenvalue weighted by molar-refractivity contribution is 0.0636. The monoisotopic (exact) mass is 276 g/mol. The highest BCUT2D eigenvalue weighted by atomic mass is 16.6. The van der Waals surface area contributed by atoms with Crippen molar-refractivity contribution in [2.24, 2.45) is 0 Å². The van der Waals surface area contributed by atoms with E-state index in [1.807, 2.05) is 32.9 Å². The van der Waals surface area contributed by atoms with Gasteiger partial charge in [-0.25, -0.2) is 4.79 Å². The molecule has 0 aromatic heterocycles. The number of nitrogens with two attached hydrogens (primary N) is 1. The normalized spacial score (nSPS) is 16.1. The van der Waals surface area contributed by atoms with Crippen LogP contribution in [0.2, 0.25) is 0 Å². The summed E-state index contributed by atoms with van der Waals surface area (Å²) in [6.45, 7) is 5.50. The molecule has 0 aliphatic heterocycles. The third-order valence-electron chi connectivity index (χ3n) is 3.54. The first kappa shape index (κ1) is 14.7. The maximum atomic E-state index is 11.7. The van der Waals surface area contributed by atoms with Crippen molar-refractivity contribution in [3.8, 4) is 0 Å². The average Bonchev–Trinajstić information content (AvgIpc) is 2.82. The minimum Gasteiger partial charge on any atom is -0.444 e. The second-order valence-electron chi connectivity index (χ2n) is 6.45. The molecule has 0 bridgehead atoms. The maximum absolute atomic E-state index is 11.7. The van der Waals surface area contributed by atoms with Gasteiger partial charge in [-0.05, 0) is 57.2 Å². The van der Waals surface area contributed by atoms with Crippen LogP contribution in [0.15, 0.2) is 18.2 Å². The fourth-order valence-corrected chi connectivity index (χ4v) is 2.62. The van der Waals surface area contributed by atoms with Crippen molar-refractivity contribution in [3.05, 3.63) is 23.8 Å². The predicted octanol–water partition coefficient (Wildman–Crippen LogP) is 4.27. The molecule has 4 heteroatoms. The number of nitrogen functional groups attached to an aromatic ring is 1. The largest absolute Gasteiger partial charge is 0.444 e. The summed E-state index contributed by atoms with van der Waals surface area (Å²) < 4.78 is 5.22. The highest BCUT2D eigenvalue weighted by Gasteiger charge is 2.19. The Morgan fingerprint density at radius 2 is 1.95 bits per heavy atom. The molecular weight excluding hydrogens is 252 g/mol. The van der Waals surface area contributed by atoms with Crippen LogP contribution in [0.1, 0.15) is 57.9 Å². The fourth-order valence-electron chi connectivity index (χ4n) is 2.62. The second kappa shape index (κ2) is 5.73. The zero-order valence-electron chi connectivity index (χ0n) is 12.5. The summed E-state index contributed by atoms with van der Waals surface area (Å²) in [5.41, 5.74) is 8.00. The van der Waals surface area contributed by atoms with Crippen LogP contribution in [0, 0.1) is 0 Å². The van der Waals surface area contributed by atoms with Gasteiger partial charge in [0.05, 0.1) is 11.4 Å². The molecule has 2 rings (SSSR count). The van der Waals surface area contributed by atoms with Crippen molar-refractivity contribution in [1.82, 2.24) is 0 Å². The van der Waals surface area contributed by atoms with E-state index in [2.05, 4.69) is 11.4 Å². The van der Waals surface area contributed by atoms with E-state index in [0.29, 0.717) is 17.3 Å². The van der Waals surface area contributed by atoms with Gasteiger partial charge in [0.25, 0.3) is 0 Å². The zero-order chi connectivity index (χ0) is 14.8. The number of benzene rings is 1. The first-order chi connectivity index (χ1) is 9.35. The lowest BCUT2D eigenvalue weighted by Crippen LogP contribution is -2.27. The number of hydrogen-bond donors (Lipinski definition) is 2. The predicted molar refractivity (Wildman–Crippen MR) is 81.9 cm³/mol. The van der Waals surface area contributed by atoms with Gasteiger partial charge in [-0.15, -0.1) is 0 Å². The van der Waals surface area contributed by atoms with Gasteiger partial charge >= 0.3 is 6.09 Å². The molecule has 4 nitrogen and oxygen atoms in total. The van der Waals surface area contributed by atoms with Crippen molar-refractivity contribution in [2.75, 3.05) is 11.1 Å². The molecule has 1 aliphatic carbocycles. The Kier molecular flexibility index (Phi) is 4.21. The number of carbonyl (C=O) groups is 1. The number of anilines is 2. The van der Waals surface area contributed by atoms with E-state index in [4.69, 9.17) is 10.5 Å². The topological polar surface area (TPSA) is 64.3 Å². The summed E-state index contributed by atoms with van der Waals surface area (Å²) >= 11 is 0. The Hall–Kier alpha value is -1.71. The standard InChI is InChI=1S/C16H24N2O2/c1-16(2,3)20-15(19)18-14-9-8-12(10-13(14)17)11-6-4-5-7-11/h8-11H,4-7,17H2,1-3H3,(H,18,19). The second-order valence-corrected chi connectivity index (χ2v) is 6.45. The molecule has 1 aromatic rings. The van der Waals surface area contributed by atoms with Crippen LogP contribution in [0.3, 0.4) is 0 Å². The van der Waals surface area contributed by atoms with E-state index in [-0.39, 0.29) is 0 Å². The summed E-state index contributed by atoms with van der Waals surface area (Å²) in [6, 6.07) is 5.90. The summed E-state index contributed by atoms with van der Waals surface area (Å²) in [5.74, 6) is 0.618. The van der Waals surface area contributed by atoms with Crippen molar-refractivity contribution in [3.63, 3.8) is 0 Å². The van der Waals surface area contributed by atoms with E-state index in [1.165, 1.54) is 31.2 Å². The molecule has 0 spiro atoms. The van der Waals surface area contributed by atoms with E-state index >= 15 is 0 Å². The highest BCUT2D eigenvalue weighted by molar-refractivity contribution is 5.89. The van der Waals surface area contributed by atoms with E-state index < -0.39 is 11.7 Å². The molecule has 1 saturated carbocycles. The zero-order valence-corrected chi connectivity index (χ0v) is 12.5. The van der Waals surface area contributed by atoms with Crippen molar-refractivity contribution in [2.45, 2.75) is 58.0 Å². The number of nitrogens with one attached hydrogen (secondary N) is 1. The molecular formula is C16H24N2O2. The number of rotatable bonds is 2. The first-order valence-electron chi connectivity index (χ1n) is 7.24. The summed E-state index contributed by atoms with van der Waals surface area (Å²) in [5, 5.41) is 2.70. The molecule has 0 saturated heterocycles. The Labute approximate surface area is 120 Å². The van der Waals surface area contributed by atoms with E-state index in [0.717, 1.165) is 0 Å². The molecule has 1 aromatic carbocycles. The summed E-state index contributed by atoms with van der Waals surface area (Å²) in [6.07, 6.45) is 4.58. The summed E-state index contributed by atoms with van der Waals surface area (Å²) in [4.78, 5) is 11.7. The van der Waals surface area contributed by atoms with Crippen LogP contribution in [-0.2, 0) is 4.74 Å². The number of hydrogen-bond acceptors (Lipinski definition) is 3. The smallest absolute Gasteiger partial charge is 0.412 e. The third-order valence-corrected chi connectivity index (χ3v) is 3.54. The molecule has 1 amide bonds. The molecule has 0 atom stereocenters. The van der Waals surface area contributed by atoms with Crippen LogP contribution in [0.4, 0.5) is 16.2 Å². The first-order valence-corrected chi connectivity index (χ1v) is 7.24. The fraction of sp³-hybridized carbons (Fsp3) is 0.562. The molecule has 110 valence electrons. The lowest BCUT2D eigenvalue weighted by atomic mass is 9.97. The van der Waals surface area contributed by atoms with Crippen molar-refractivity contribution >= 4 is 17.5 Å². The molecule has 1 aliphatic rings.